The summed E-state index contributed by atoms with van der Waals surface area (Å²) in [6.07, 6.45) is 0. The Kier molecular flexibility index (Phi) is 5.58. The normalized spacial score (nSPS) is 12.5. The van der Waals surface area contributed by atoms with Crippen LogP contribution in [0.1, 0.15) is 35.2 Å². The lowest BCUT2D eigenvalue weighted by Crippen LogP contribution is -2.23. The van der Waals surface area contributed by atoms with Gasteiger partial charge in [0.2, 0.25) is 0 Å². The first kappa shape index (κ1) is 16.7. The molecular formula is C17H18Br2FN. The molecule has 4 heteroatoms. The molecule has 0 amide bonds. The summed E-state index contributed by atoms with van der Waals surface area (Å²) in [5.41, 5.74) is 4.47. The van der Waals surface area contributed by atoms with Crippen molar-refractivity contribution in [3.63, 3.8) is 0 Å². The van der Waals surface area contributed by atoms with E-state index in [9.17, 15) is 4.39 Å². The predicted octanol–water partition coefficient (Wildman–Crippen LogP) is 5.67. The number of aryl methyl sites for hydroxylation is 2. The number of rotatable bonds is 4. The van der Waals surface area contributed by atoms with Crippen molar-refractivity contribution in [2.24, 2.45) is 0 Å². The molecule has 0 bridgehead atoms. The Morgan fingerprint density at radius 2 is 1.76 bits per heavy atom. The topological polar surface area (TPSA) is 12.0 Å². The van der Waals surface area contributed by atoms with Gasteiger partial charge in [0.15, 0.2) is 0 Å². The Hall–Kier alpha value is -0.710. The maximum absolute atomic E-state index is 13.9. The molecule has 1 atom stereocenters. The lowest BCUT2D eigenvalue weighted by molar-refractivity contribution is 0.597. The molecule has 21 heavy (non-hydrogen) atoms. The van der Waals surface area contributed by atoms with Crippen LogP contribution in [0.15, 0.2) is 39.3 Å². The Morgan fingerprint density at radius 1 is 1.05 bits per heavy atom. The summed E-state index contributed by atoms with van der Waals surface area (Å²) in [6, 6.07) is 9.57. The average Bonchev–Trinajstić information content (AvgIpc) is 2.44. The highest BCUT2D eigenvalue weighted by molar-refractivity contribution is 9.10. The van der Waals surface area contributed by atoms with Crippen molar-refractivity contribution >= 4 is 31.9 Å². The molecule has 1 unspecified atom stereocenters. The van der Waals surface area contributed by atoms with Crippen LogP contribution in [0.5, 0.6) is 0 Å². The first-order valence-electron chi connectivity index (χ1n) is 6.89. The van der Waals surface area contributed by atoms with Gasteiger partial charge in [-0.1, -0.05) is 35.0 Å². The monoisotopic (exact) mass is 413 g/mol. The minimum atomic E-state index is -0.234. The lowest BCUT2D eigenvalue weighted by Gasteiger charge is -2.22. The molecule has 2 aromatic rings. The zero-order valence-electron chi connectivity index (χ0n) is 12.3. The van der Waals surface area contributed by atoms with Crippen LogP contribution < -0.4 is 5.32 Å². The second-order valence-corrected chi connectivity index (χ2v) is 6.83. The van der Waals surface area contributed by atoms with Gasteiger partial charge in [0.1, 0.15) is 5.82 Å². The molecule has 0 saturated heterocycles. The van der Waals surface area contributed by atoms with E-state index >= 15 is 0 Å². The van der Waals surface area contributed by atoms with Crippen molar-refractivity contribution in [2.45, 2.75) is 26.8 Å². The quantitative estimate of drug-likeness (QED) is 0.679. The second kappa shape index (κ2) is 7.03. The van der Waals surface area contributed by atoms with Crippen molar-refractivity contribution in [3.05, 3.63) is 67.3 Å². The number of nitrogens with one attached hydrogen (secondary N) is 1. The van der Waals surface area contributed by atoms with E-state index in [0.717, 1.165) is 16.6 Å². The maximum atomic E-state index is 13.9. The predicted molar refractivity (Wildman–Crippen MR) is 93.2 cm³/mol. The molecule has 0 saturated carbocycles. The van der Waals surface area contributed by atoms with E-state index in [-0.39, 0.29) is 11.9 Å². The summed E-state index contributed by atoms with van der Waals surface area (Å²) >= 11 is 6.77. The van der Waals surface area contributed by atoms with Crippen LogP contribution in [-0.2, 0) is 0 Å². The molecule has 1 N–H and O–H groups in total. The number of hydrogen-bond acceptors (Lipinski definition) is 1. The van der Waals surface area contributed by atoms with Gasteiger partial charge in [0.05, 0.1) is 10.5 Å². The fraction of sp³-hybridized carbons (Fsp3) is 0.294. The van der Waals surface area contributed by atoms with E-state index in [4.69, 9.17) is 0 Å². The minimum absolute atomic E-state index is 0.00981. The van der Waals surface area contributed by atoms with E-state index in [1.807, 2.05) is 6.07 Å². The van der Waals surface area contributed by atoms with Gasteiger partial charge in [-0.25, -0.2) is 4.39 Å². The van der Waals surface area contributed by atoms with Gasteiger partial charge < -0.3 is 5.32 Å². The molecule has 0 aliphatic rings. The Balaban J connectivity index is 2.52. The molecule has 0 spiro atoms. The van der Waals surface area contributed by atoms with Crippen LogP contribution in [0, 0.1) is 19.7 Å². The smallest absolute Gasteiger partial charge is 0.137 e. The minimum Gasteiger partial charge on any atom is -0.307 e. The van der Waals surface area contributed by atoms with Gasteiger partial charge in [0, 0.05) is 4.47 Å². The zero-order chi connectivity index (χ0) is 15.6. The van der Waals surface area contributed by atoms with Crippen molar-refractivity contribution in [1.29, 1.82) is 0 Å². The van der Waals surface area contributed by atoms with Crippen molar-refractivity contribution in [3.8, 4) is 0 Å². The second-order valence-electron chi connectivity index (χ2n) is 5.12. The molecule has 0 aliphatic carbocycles. The van der Waals surface area contributed by atoms with Gasteiger partial charge in [-0.2, -0.15) is 0 Å². The van der Waals surface area contributed by atoms with Crippen LogP contribution in [0.4, 0.5) is 4.39 Å². The van der Waals surface area contributed by atoms with Gasteiger partial charge in [0.25, 0.3) is 0 Å². The first-order chi connectivity index (χ1) is 9.93. The van der Waals surface area contributed by atoms with E-state index in [2.05, 4.69) is 70.1 Å². The summed E-state index contributed by atoms with van der Waals surface area (Å²) in [4.78, 5) is 0. The van der Waals surface area contributed by atoms with Crippen LogP contribution in [0.2, 0.25) is 0 Å². The molecule has 0 fully saturated rings. The SMILES string of the molecule is CCNC(c1ccc(Br)c(F)c1)c1cc(C)c(Br)cc1C. The number of hydrogen-bond donors (Lipinski definition) is 1. The van der Waals surface area contributed by atoms with Gasteiger partial charge >= 0.3 is 0 Å². The fourth-order valence-electron chi connectivity index (χ4n) is 2.42. The van der Waals surface area contributed by atoms with Crippen molar-refractivity contribution in [2.75, 3.05) is 6.54 Å². The third kappa shape index (κ3) is 3.74. The molecule has 0 heterocycles. The van der Waals surface area contributed by atoms with Crippen LogP contribution in [0.25, 0.3) is 0 Å². The maximum Gasteiger partial charge on any atom is 0.137 e. The third-order valence-electron chi connectivity index (χ3n) is 3.54. The van der Waals surface area contributed by atoms with Gasteiger partial charge in [-0.3, -0.25) is 0 Å². The van der Waals surface area contributed by atoms with Crippen molar-refractivity contribution < 1.29 is 4.39 Å². The van der Waals surface area contributed by atoms with E-state index in [0.29, 0.717) is 4.47 Å². The Bertz CT molecular complexity index is 655. The zero-order valence-corrected chi connectivity index (χ0v) is 15.5. The largest absolute Gasteiger partial charge is 0.307 e. The Labute approximate surface area is 142 Å². The van der Waals surface area contributed by atoms with E-state index in [1.165, 1.54) is 16.7 Å². The summed E-state index contributed by atoms with van der Waals surface area (Å²) < 4.78 is 15.4. The molecule has 0 aromatic heterocycles. The summed E-state index contributed by atoms with van der Waals surface area (Å²) in [5, 5.41) is 3.45. The number of benzene rings is 2. The van der Waals surface area contributed by atoms with E-state index in [1.54, 1.807) is 12.1 Å². The standard InChI is InChI=1S/C17H18Br2FN/c1-4-21-17(12-5-6-14(18)16(20)9-12)13-7-11(3)15(19)8-10(13)2/h5-9,17,21H,4H2,1-3H3. The van der Waals surface area contributed by atoms with Crippen LogP contribution in [-0.4, -0.2) is 6.54 Å². The highest BCUT2D eigenvalue weighted by atomic mass is 79.9. The first-order valence-corrected chi connectivity index (χ1v) is 8.47. The highest BCUT2D eigenvalue weighted by Gasteiger charge is 2.17. The molecule has 1 nitrogen and oxygen atoms in total. The molecule has 0 aliphatic heterocycles. The van der Waals surface area contributed by atoms with Gasteiger partial charge in [-0.15, -0.1) is 0 Å². The summed E-state index contributed by atoms with van der Waals surface area (Å²) in [7, 11) is 0. The highest BCUT2D eigenvalue weighted by Crippen LogP contribution is 2.30. The Morgan fingerprint density at radius 3 is 2.38 bits per heavy atom. The molecular weight excluding hydrogens is 397 g/mol. The van der Waals surface area contributed by atoms with Crippen LogP contribution >= 0.6 is 31.9 Å². The third-order valence-corrected chi connectivity index (χ3v) is 5.04. The molecule has 112 valence electrons. The molecule has 0 radical (unpaired) electrons. The van der Waals surface area contributed by atoms with Gasteiger partial charge in [-0.05, 0) is 76.8 Å². The lowest BCUT2D eigenvalue weighted by atomic mass is 9.93. The average molecular weight is 415 g/mol. The van der Waals surface area contributed by atoms with E-state index < -0.39 is 0 Å². The van der Waals surface area contributed by atoms with Crippen LogP contribution in [0.3, 0.4) is 0 Å². The fourth-order valence-corrected chi connectivity index (χ4v) is 3.12. The molecule has 2 rings (SSSR count). The summed E-state index contributed by atoms with van der Waals surface area (Å²) in [6.45, 7) is 7.03. The van der Waals surface area contributed by atoms with Crippen molar-refractivity contribution in [1.82, 2.24) is 5.32 Å². The molecule has 2 aromatic carbocycles. The summed E-state index contributed by atoms with van der Waals surface area (Å²) in [5.74, 6) is -0.234. The number of halogens is 3.